The lowest BCUT2D eigenvalue weighted by Gasteiger charge is -2.24. The topological polar surface area (TPSA) is 149 Å². The van der Waals surface area contributed by atoms with Gasteiger partial charge in [0, 0.05) is 6.07 Å². The molecule has 0 bridgehead atoms. The Morgan fingerprint density at radius 2 is 1.79 bits per heavy atom. The van der Waals surface area contributed by atoms with Gasteiger partial charge in [-0.25, -0.2) is 14.6 Å². The van der Waals surface area contributed by atoms with Crippen LogP contribution in [0.15, 0.2) is 61.9 Å². The van der Waals surface area contributed by atoms with Crippen molar-refractivity contribution >= 4 is 51.0 Å². The highest BCUT2D eigenvalue weighted by Crippen LogP contribution is 2.37. The molecule has 12 nitrogen and oxygen atoms in total. The number of ether oxygens (including phenoxy) is 4. The van der Waals surface area contributed by atoms with Crippen LogP contribution in [0.4, 0.5) is 5.69 Å². The molecule has 2 aromatic carbocycles. The Kier molecular flexibility index (Phi) is 10.1. The predicted molar refractivity (Wildman–Crippen MR) is 161 cm³/mol. The van der Waals surface area contributed by atoms with Crippen LogP contribution in [0.1, 0.15) is 44.9 Å². The van der Waals surface area contributed by atoms with Crippen molar-refractivity contribution < 1.29 is 33.5 Å². The van der Waals surface area contributed by atoms with Crippen molar-refractivity contribution in [3.8, 4) is 11.5 Å². The van der Waals surface area contributed by atoms with Crippen molar-refractivity contribution in [2.45, 2.75) is 33.7 Å². The van der Waals surface area contributed by atoms with Crippen LogP contribution in [-0.4, -0.2) is 47.9 Å². The maximum atomic E-state index is 13.9. The van der Waals surface area contributed by atoms with E-state index in [9.17, 15) is 24.5 Å². The Balaban J connectivity index is 1.84. The number of carbonyl (C=O) groups is 2. The van der Waals surface area contributed by atoms with E-state index < -0.39 is 40.8 Å². The number of benzene rings is 2. The molecule has 14 heteroatoms. The highest BCUT2D eigenvalue weighted by molar-refractivity contribution is 9.10. The molecule has 226 valence electrons. The van der Waals surface area contributed by atoms with E-state index in [1.807, 2.05) is 6.92 Å². The van der Waals surface area contributed by atoms with Gasteiger partial charge in [0.05, 0.1) is 51.1 Å². The van der Waals surface area contributed by atoms with Gasteiger partial charge in [-0.3, -0.25) is 19.5 Å². The number of halogens is 1. The average Bonchev–Trinajstić information content (AvgIpc) is 3.26. The summed E-state index contributed by atoms with van der Waals surface area (Å²) in [7, 11) is 0. The normalized spacial score (nSPS) is 14.5. The maximum absolute atomic E-state index is 13.9. The summed E-state index contributed by atoms with van der Waals surface area (Å²) >= 11 is 4.36. The number of nitro groups is 1. The number of esters is 2. The minimum atomic E-state index is -0.826. The van der Waals surface area contributed by atoms with Crippen molar-refractivity contribution in [1.82, 2.24) is 4.57 Å². The van der Waals surface area contributed by atoms with Crippen molar-refractivity contribution in [3.05, 3.63) is 93.1 Å². The van der Waals surface area contributed by atoms with Gasteiger partial charge in [-0.15, -0.1) is 0 Å². The lowest BCUT2D eigenvalue weighted by Crippen LogP contribution is -2.39. The number of hydrogen-bond donors (Lipinski definition) is 0. The fourth-order valence-electron chi connectivity index (χ4n) is 4.47. The van der Waals surface area contributed by atoms with Gasteiger partial charge in [0.25, 0.3) is 5.56 Å². The molecule has 1 aromatic heterocycles. The Labute approximate surface area is 258 Å². The molecule has 0 saturated heterocycles. The molecule has 0 unspecified atom stereocenters. The first-order valence-electron chi connectivity index (χ1n) is 13.3. The second kappa shape index (κ2) is 13.8. The predicted octanol–water partition coefficient (Wildman–Crippen LogP) is 3.81. The summed E-state index contributed by atoms with van der Waals surface area (Å²) in [5.41, 5.74) is 0.753. The van der Waals surface area contributed by atoms with Gasteiger partial charge in [-0.1, -0.05) is 23.5 Å². The van der Waals surface area contributed by atoms with E-state index in [1.165, 1.54) is 22.8 Å². The third-order valence-electron chi connectivity index (χ3n) is 6.20. The van der Waals surface area contributed by atoms with Crippen LogP contribution in [0.2, 0.25) is 0 Å². The fraction of sp³-hybridized carbons (Fsp3) is 0.310. The van der Waals surface area contributed by atoms with E-state index in [0.29, 0.717) is 34.0 Å². The number of fused-ring (bicyclic) bond motifs is 1. The van der Waals surface area contributed by atoms with Crippen molar-refractivity contribution in [3.63, 3.8) is 0 Å². The molecule has 0 saturated carbocycles. The van der Waals surface area contributed by atoms with Crippen LogP contribution >= 0.6 is 27.3 Å². The van der Waals surface area contributed by atoms with E-state index in [1.54, 1.807) is 45.0 Å². The highest BCUT2D eigenvalue weighted by atomic mass is 79.9. The number of nitro benzene ring substituents is 1. The van der Waals surface area contributed by atoms with Gasteiger partial charge in [0.1, 0.15) is 5.75 Å². The van der Waals surface area contributed by atoms with E-state index in [0.717, 1.165) is 11.3 Å². The molecule has 2 heterocycles. The van der Waals surface area contributed by atoms with Gasteiger partial charge in [-0.2, -0.15) is 0 Å². The molecule has 1 aliphatic heterocycles. The lowest BCUT2D eigenvalue weighted by molar-refractivity contribution is -0.385. The molecule has 1 aliphatic rings. The van der Waals surface area contributed by atoms with Crippen molar-refractivity contribution in [1.29, 1.82) is 0 Å². The molecule has 43 heavy (non-hydrogen) atoms. The second-order valence-corrected chi connectivity index (χ2v) is 10.9. The lowest BCUT2D eigenvalue weighted by atomic mass is 9.96. The highest BCUT2D eigenvalue weighted by Gasteiger charge is 2.33. The van der Waals surface area contributed by atoms with Crippen molar-refractivity contribution in [2.24, 2.45) is 4.99 Å². The Morgan fingerprint density at radius 1 is 1.09 bits per heavy atom. The molecule has 0 amide bonds. The molecule has 4 rings (SSSR count). The average molecular weight is 675 g/mol. The van der Waals surface area contributed by atoms with Crippen LogP contribution in [0, 0.1) is 10.1 Å². The number of aromatic nitrogens is 1. The minimum Gasteiger partial charge on any atom is -0.494 e. The molecule has 0 radical (unpaired) electrons. The standard InChI is InChI=1S/C29H28BrN3O9S/c1-5-39-19-10-8-18(9-11-19)25-24(28(36)41-7-3)16(4)31-29-32(25)27(35)22(43-29)14-17-12-20(30)26(21(13-17)33(37)38)42-15-23(34)40-6-2/h8-14,25H,5-7,15H2,1-4H3/b22-14-/t25-/m0/s1. The second-order valence-electron chi connectivity index (χ2n) is 9.01. The van der Waals surface area contributed by atoms with Gasteiger partial charge < -0.3 is 18.9 Å². The number of rotatable bonds is 11. The molecular weight excluding hydrogens is 646 g/mol. The van der Waals surface area contributed by atoms with E-state index in [4.69, 9.17) is 18.9 Å². The quantitative estimate of drug-likeness (QED) is 0.168. The Morgan fingerprint density at radius 3 is 2.42 bits per heavy atom. The first kappa shape index (κ1) is 31.6. The molecule has 0 aliphatic carbocycles. The Hall–Kier alpha value is -4.30. The summed E-state index contributed by atoms with van der Waals surface area (Å²) in [5.74, 6) is -0.774. The van der Waals surface area contributed by atoms with Gasteiger partial charge in [0.15, 0.2) is 11.4 Å². The van der Waals surface area contributed by atoms with Gasteiger partial charge >= 0.3 is 17.6 Å². The monoisotopic (exact) mass is 673 g/mol. The zero-order valence-corrected chi connectivity index (χ0v) is 26.2. The summed E-state index contributed by atoms with van der Waals surface area (Å²) in [5, 5.41) is 11.9. The SMILES string of the molecule is CCOC(=O)COc1c(Br)cc(/C=c2\sc3n(c2=O)[C@@H](c2ccc(OCC)cc2)C(C(=O)OCC)=C(C)N=3)cc1[N+](=O)[O-]. The zero-order chi connectivity index (χ0) is 31.3. The molecular formula is C29H28BrN3O9S. The van der Waals surface area contributed by atoms with Crippen LogP contribution in [0.5, 0.6) is 11.5 Å². The smallest absolute Gasteiger partial charge is 0.344 e. The largest absolute Gasteiger partial charge is 0.494 e. The summed E-state index contributed by atoms with van der Waals surface area (Å²) < 4.78 is 22.9. The zero-order valence-electron chi connectivity index (χ0n) is 23.7. The number of allylic oxidation sites excluding steroid dienone is 1. The van der Waals surface area contributed by atoms with Crippen LogP contribution < -0.4 is 24.4 Å². The number of hydrogen-bond acceptors (Lipinski definition) is 11. The van der Waals surface area contributed by atoms with Gasteiger partial charge in [0.2, 0.25) is 5.75 Å². The Bertz CT molecular complexity index is 1780. The summed E-state index contributed by atoms with van der Waals surface area (Å²) in [6.07, 6.45) is 1.50. The molecule has 3 aromatic rings. The van der Waals surface area contributed by atoms with E-state index >= 15 is 0 Å². The van der Waals surface area contributed by atoms with E-state index in [-0.39, 0.29) is 33.5 Å². The van der Waals surface area contributed by atoms with E-state index in [2.05, 4.69) is 20.9 Å². The summed E-state index contributed by atoms with van der Waals surface area (Å²) in [4.78, 5) is 54.8. The van der Waals surface area contributed by atoms with Gasteiger partial charge in [-0.05, 0) is 79.0 Å². The molecule has 1 atom stereocenters. The van der Waals surface area contributed by atoms with Crippen LogP contribution in [-0.2, 0) is 19.1 Å². The summed E-state index contributed by atoms with van der Waals surface area (Å²) in [6.45, 7) is 7.13. The molecule has 0 N–H and O–H groups in total. The third kappa shape index (κ3) is 6.86. The fourth-order valence-corrected chi connectivity index (χ4v) is 6.09. The minimum absolute atomic E-state index is 0.141. The molecule has 0 fully saturated rings. The molecule has 0 spiro atoms. The number of nitrogens with zero attached hydrogens (tertiary/aromatic N) is 3. The first-order valence-corrected chi connectivity index (χ1v) is 14.9. The van der Waals surface area contributed by atoms with Crippen LogP contribution in [0.3, 0.4) is 0 Å². The number of thiazole rings is 1. The third-order valence-corrected chi connectivity index (χ3v) is 7.78. The van der Waals surface area contributed by atoms with Crippen molar-refractivity contribution in [2.75, 3.05) is 26.4 Å². The number of carbonyl (C=O) groups excluding carboxylic acids is 2. The maximum Gasteiger partial charge on any atom is 0.344 e. The summed E-state index contributed by atoms with van der Waals surface area (Å²) in [6, 6.07) is 9.02. The van der Waals surface area contributed by atoms with Crippen LogP contribution in [0.25, 0.3) is 6.08 Å². The first-order chi connectivity index (χ1) is 20.6.